The van der Waals surface area contributed by atoms with Gasteiger partial charge in [0.2, 0.25) is 0 Å². The van der Waals surface area contributed by atoms with E-state index in [0.717, 1.165) is 65.6 Å². The molecule has 3 aromatic heterocycles. The predicted octanol–water partition coefficient (Wildman–Crippen LogP) is 4.43. The second kappa shape index (κ2) is 11.2. The molecule has 1 aliphatic rings. The molecule has 1 saturated carbocycles. The average molecular weight is 511 g/mol. The Morgan fingerprint density at radius 3 is 2.67 bits per heavy atom. The van der Waals surface area contributed by atoms with E-state index in [1.807, 2.05) is 24.5 Å². The zero-order valence-electron chi connectivity index (χ0n) is 21.6. The van der Waals surface area contributed by atoms with E-state index < -0.39 is 0 Å². The molecule has 0 bridgehead atoms. The Balaban J connectivity index is 1.33. The number of aromatic nitrogens is 5. The highest BCUT2D eigenvalue weighted by Crippen LogP contribution is 2.43. The molecule has 0 N–H and O–H groups in total. The van der Waals surface area contributed by atoms with E-state index in [0.29, 0.717) is 36.1 Å². The molecule has 9 heteroatoms. The fourth-order valence-corrected chi connectivity index (χ4v) is 5.62. The van der Waals surface area contributed by atoms with Gasteiger partial charge in [-0.05, 0) is 53.4 Å². The van der Waals surface area contributed by atoms with E-state index in [2.05, 4.69) is 61.8 Å². The highest BCUT2D eigenvalue weighted by atomic mass is 32.2. The largest absolute Gasteiger partial charge is 0.497 e. The number of hydrogen-bond acceptors (Lipinski definition) is 6. The van der Waals surface area contributed by atoms with E-state index in [4.69, 9.17) is 14.2 Å². The molecule has 0 aliphatic heterocycles. The fourth-order valence-electron chi connectivity index (χ4n) is 5.17. The van der Waals surface area contributed by atoms with Crippen molar-refractivity contribution in [2.75, 3.05) is 32.0 Å². The van der Waals surface area contributed by atoms with Crippen molar-refractivity contribution in [1.82, 2.24) is 24.1 Å². The van der Waals surface area contributed by atoms with Crippen LogP contribution in [0.3, 0.4) is 0 Å². The lowest BCUT2D eigenvalue weighted by molar-refractivity contribution is 0.0422. The van der Waals surface area contributed by atoms with Crippen LogP contribution >= 0.6 is 0 Å². The van der Waals surface area contributed by atoms with Gasteiger partial charge in [0.1, 0.15) is 24.1 Å². The summed E-state index contributed by atoms with van der Waals surface area (Å²) in [5.41, 5.74) is 3.87. The second-order valence-electron chi connectivity index (χ2n) is 9.76. The summed E-state index contributed by atoms with van der Waals surface area (Å²) in [6, 6.07) is 10.2. The van der Waals surface area contributed by atoms with Crippen LogP contribution in [0.5, 0.6) is 5.75 Å². The molecule has 8 nitrogen and oxygen atoms in total. The summed E-state index contributed by atoms with van der Waals surface area (Å²) in [6.45, 7) is 4.12. The molecule has 1 aromatic carbocycles. The van der Waals surface area contributed by atoms with Crippen LogP contribution in [0.15, 0.2) is 42.7 Å². The van der Waals surface area contributed by atoms with Gasteiger partial charge in [-0.2, -0.15) is 0 Å². The molecule has 0 amide bonds. The number of hydrogen-bond donors (Lipinski definition) is 0. The van der Waals surface area contributed by atoms with E-state index in [9.17, 15) is 0 Å². The molecule has 1 fully saturated rings. The maximum Gasteiger partial charge on any atom is 0.179 e. The van der Waals surface area contributed by atoms with Gasteiger partial charge in [0.25, 0.3) is 0 Å². The van der Waals surface area contributed by atoms with E-state index in [-0.39, 0.29) is 6.10 Å². The van der Waals surface area contributed by atoms with E-state index in [1.165, 1.54) is 0 Å². The molecule has 1 aliphatic carbocycles. The molecule has 3 unspecified atom stereocenters. The summed E-state index contributed by atoms with van der Waals surface area (Å²) in [5.74, 6) is 3.75. The lowest BCUT2D eigenvalue weighted by atomic mass is 9.93. The molecule has 0 radical (unpaired) electrons. The molecule has 5 rings (SSSR count). The molecule has 36 heavy (non-hydrogen) atoms. The molecule has 3 heterocycles. The van der Waals surface area contributed by atoms with Crippen LogP contribution in [0.2, 0.25) is 0 Å². The highest BCUT2D eigenvalue weighted by Gasteiger charge is 2.37. The quantitative estimate of drug-likeness (QED) is 0.220. The predicted molar refractivity (Wildman–Crippen MR) is 144 cm³/mol. The Labute approximate surface area is 215 Å². The van der Waals surface area contributed by atoms with Crippen molar-refractivity contribution >= 4 is 27.7 Å². The minimum atomic E-state index is 0.200. The summed E-state index contributed by atoms with van der Waals surface area (Å²) in [7, 11) is 2.07. The summed E-state index contributed by atoms with van der Waals surface area (Å²) in [6.07, 6.45) is 11.6. The normalized spacial score (nSPS) is 20.2. The standard InChI is InChI=1S/C27H36N5O3S/c1-5-20-14-22(35-17-19-6-8-21(33-2)9-7-19)15-23(20)26-30-29-25-16-28-27-24(32(25)26)10-11-31(27)18-34-12-13-36(3)4/h6-11,16,20,22-23H,5,12-15,17-18H2,1-4H3/q+1. The van der Waals surface area contributed by atoms with Gasteiger partial charge in [-0.3, -0.25) is 4.40 Å². The van der Waals surface area contributed by atoms with Crippen LogP contribution in [0, 0.1) is 5.92 Å². The van der Waals surface area contributed by atoms with Gasteiger partial charge in [-0.25, -0.2) is 4.98 Å². The summed E-state index contributed by atoms with van der Waals surface area (Å²) >= 11 is 0. The number of benzene rings is 1. The van der Waals surface area contributed by atoms with Gasteiger partial charge in [0, 0.05) is 12.1 Å². The summed E-state index contributed by atoms with van der Waals surface area (Å²) < 4.78 is 21.8. The van der Waals surface area contributed by atoms with Crippen molar-refractivity contribution in [2.24, 2.45) is 5.92 Å². The topological polar surface area (TPSA) is 75.7 Å². The van der Waals surface area contributed by atoms with Crippen molar-refractivity contribution < 1.29 is 14.2 Å². The lowest BCUT2D eigenvalue weighted by Crippen LogP contribution is -2.12. The van der Waals surface area contributed by atoms with Gasteiger partial charge >= 0.3 is 0 Å². The maximum atomic E-state index is 6.37. The van der Waals surface area contributed by atoms with Crippen molar-refractivity contribution in [3.8, 4) is 5.75 Å². The van der Waals surface area contributed by atoms with Crippen LogP contribution in [0.1, 0.15) is 43.5 Å². The molecule has 4 aromatic rings. The van der Waals surface area contributed by atoms with Crippen molar-refractivity contribution in [3.63, 3.8) is 0 Å². The van der Waals surface area contributed by atoms with E-state index >= 15 is 0 Å². The number of ether oxygens (including phenoxy) is 3. The number of fused-ring (bicyclic) bond motifs is 3. The highest BCUT2D eigenvalue weighted by molar-refractivity contribution is 7.95. The van der Waals surface area contributed by atoms with Crippen LogP contribution in [0.4, 0.5) is 0 Å². The third kappa shape index (κ3) is 5.23. The molecule has 0 spiro atoms. The van der Waals surface area contributed by atoms with Crippen molar-refractivity contribution in [2.45, 2.75) is 51.5 Å². The minimum Gasteiger partial charge on any atom is -0.497 e. The second-order valence-corrected chi connectivity index (χ2v) is 12.1. The van der Waals surface area contributed by atoms with E-state index in [1.54, 1.807) is 7.11 Å². The molecular weight excluding hydrogens is 474 g/mol. The number of methoxy groups -OCH3 is 1. The fraction of sp³-hybridized carbons (Fsp3) is 0.519. The lowest BCUT2D eigenvalue weighted by Gasteiger charge is -2.16. The van der Waals surface area contributed by atoms with Crippen LogP contribution in [-0.4, -0.2) is 62.2 Å². The molecular formula is C27H36N5O3S+. The smallest absolute Gasteiger partial charge is 0.179 e. The Kier molecular flexibility index (Phi) is 7.79. The summed E-state index contributed by atoms with van der Waals surface area (Å²) in [4.78, 5) is 4.68. The zero-order chi connectivity index (χ0) is 25.1. The molecule has 192 valence electrons. The molecule has 0 saturated heterocycles. The third-order valence-electron chi connectivity index (χ3n) is 7.19. The maximum absolute atomic E-state index is 6.37. The first-order valence-corrected chi connectivity index (χ1v) is 14.8. The van der Waals surface area contributed by atoms with Gasteiger partial charge in [0.15, 0.2) is 11.3 Å². The van der Waals surface area contributed by atoms with Crippen molar-refractivity contribution in [3.05, 3.63) is 54.1 Å². The first-order chi connectivity index (χ1) is 17.6. The Morgan fingerprint density at radius 2 is 1.92 bits per heavy atom. The Morgan fingerprint density at radius 1 is 1.08 bits per heavy atom. The Hall–Kier alpha value is -2.62. The first kappa shape index (κ1) is 25.0. The SMILES string of the molecule is CCC1CC(OCc2ccc(OC)cc2)CC1c1nnc2cnc3c(ccn3COCC[S+](C)C)n12. The minimum absolute atomic E-state index is 0.200. The van der Waals surface area contributed by atoms with Gasteiger partial charge in [-0.15, -0.1) is 10.2 Å². The Bertz CT molecular complexity index is 1290. The van der Waals surface area contributed by atoms with Crippen LogP contribution < -0.4 is 4.74 Å². The van der Waals surface area contributed by atoms with Gasteiger partial charge in [-0.1, -0.05) is 25.5 Å². The number of nitrogens with zero attached hydrogens (tertiary/aromatic N) is 5. The first-order valence-electron chi connectivity index (χ1n) is 12.6. The van der Waals surface area contributed by atoms with Crippen LogP contribution in [0.25, 0.3) is 16.8 Å². The van der Waals surface area contributed by atoms with Crippen molar-refractivity contribution in [1.29, 1.82) is 0 Å². The zero-order valence-corrected chi connectivity index (χ0v) is 22.4. The van der Waals surface area contributed by atoms with Gasteiger partial charge < -0.3 is 18.8 Å². The molecule has 3 atom stereocenters. The monoisotopic (exact) mass is 510 g/mol. The van der Waals surface area contributed by atoms with Crippen LogP contribution in [-0.2, 0) is 33.7 Å². The average Bonchev–Trinajstić information content (AvgIpc) is 3.61. The summed E-state index contributed by atoms with van der Waals surface area (Å²) in [5, 5.41) is 9.14. The van der Waals surface area contributed by atoms with Gasteiger partial charge in [0.05, 0.1) is 50.7 Å². The number of rotatable bonds is 11. The third-order valence-corrected chi connectivity index (χ3v) is 8.17.